The largest absolute Gasteiger partial charge is 0.361 e. The summed E-state index contributed by atoms with van der Waals surface area (Å²) in [7, 11) is 0. The second-order valence-corrected chi connectivity index (χ2v) is 7.04. The van der Waals surface area contributed by atoms with Crippen LogP contribution in [0.3, 0.4) is 0 Å². The van der Waals surface area contributed by atoms with Crippen molar-refractivity contribution in [1.82, 2.24) is 4.98 Å². The van der Waals surface area contributed by atoms with Gasteiger partial charge in [0.2, 0.25) is 0 Å². The van der Waals surface area contributed by atoms with Gasteiger partial charge in [-0.05, 0) is 41.9 Å². The molecule has 1 nitrogen and oxygen atoms in total. The lowest BCUT2D eigenvalue weighted by atomic mass is 10.0. The number of rotatable bonds is 4. The Hall–Kier alpha value is -2.02. The van der Waals surface area contributed by atoms with Crippen LogP contribution in [0.2, 0.25) is 0 Å². The van der Waals surface area contributed by atoms with Crippen LogP contribution in [0.4, 0.5) is 0 Å². The van der Waals surface area contributed by atoms with Crippen LogP contribution >= 0.6 is 0 Å². The second-order valence-electron chi connectivity index (χ2n) is 7.04. The van der Waals surface area contributed by atoms with Crippen molar-refractivity contribution in [1.29, 1.82) is 0 Å². The normalized spacial score (nSPS) is 10.9. The third kappa shape index (κ3) is 5.59. The molecule has 0 aliphatic heterocycles. The van der Waals surface area contributed by atoms with E-state index in [9.17, 15) is 0 Å². The zero-order valence-corrected chi connectivity index (χ0v) is 14.8. The van der Waals surface area contributed by atoms with Gasteiger partial charge in [0.05, 0.1) is 0 Å². The van der Waals surface area contributed by atoms with Crippen molar-refractivity contribution >= 4 is 10.9 Å². The summed E-state index contributed by atoms with van der Waals surface area (Å²) in [6.45, 7) is 8.99. The van der Waals surface area contributed by atoms with Crippen LogP contribution in [-0.2, 0) is 12.8 Å². The van der Waals surface area contributed by atoms with Gasteiger partial charge in [-0.3, -0.25) is 0 Å². The first-order chi connectivity index (χ1) is 11.1. The fourth-order valence-electron chi connectivity index (χ4n) is 2.83. The molecule has 2 aromatic carbocycles. The average molecular weight is 307 g/mol. The molecule has 3 rings (SSSR count). The Morgan fingerprint density at radius 1 is 0.739 bits per heavy atom. The molecule has 23 heavy (non-hydrogen) atoms. The summed E-state index contributed by atoms with van der Waals surface area (Å²) in [5.41, 5.74) is 4.13. The molecule has 0 amide bonds. The van der Waals surface area contributed by atoms with Crippen molar-refractivity contribution in [2.45, 2.75) is 40.5 Å². The van der Waals surface area contributed by atoms with Crippen LogP contribution in [-0.4, -0.2) is 4.98 Å². The highest BCUT2D eigenvalue weighted by atomic mass is 14.7. The molecule has 0 spiro atoms. The maximum atomic E-state index is 3.29. The Kier molecular flexibility index (Phi) is 6.46. The summed E-state index contributed by atoms with van der Waals surface area (Å²) in [5.74, 6) is 1.49. The predicted octanol–water partition coefficient (Wildman–Crippen LogP) is 6.25. The summed E-state index contributed by atoms with van der Waals surface area (Å²) in [5, 5.41) is 1.37. The Labute approximate surface area is 140 Å². The maximum Gasteiger partial charge on any atom is 0.0456 e. The van der Waals surface area contributed by atoms with Gasteiger partial charge in [-0.15, -0.1) is 0 Å². The SMILES string of the molecule is CC(C)Cc1c[nH]c2ccccc12.CC(C)Cc1ccccc1. The van der Waals surface area contributed by atoms with Gasteiger partial charge in [0.15, 0.2) is 0 Å². The number of aromatic nitrogens is 1. The van der Waals surface area contributed by atoms with Crippen molar-refractivity contribution in [2.24, 2.45) is 11.8 Å². The lowest BCUT2D eigenvalue weighted by Crippen LogP contribution is -1.92. The van der Waals surface area contributed by atoms with Crippen LogP contribution in [0.25, 0.3) is 10.9 Å². The number of hydrogen-bond acceptors (Lipinski definition) is 0. The van der Waals surface area contributed by atoms with Crippen LogP contribution in [0.15, 0.2) is 60.8 Å². The fraction of sp³-hybridized carbons (Fsp3) is 0.364. The Morgan fingerprint density at radius 2 is 1.35 bits per heavy atom. The lowest BCUT2D eigenvalue weighted by Gasteiger charge is -2.02. The molecule has 0 saturated carbocycles. The minimum Gasteiger partial charge on any atom is -0.361 e. The molecule has 1 N–H and O–H groups in total. The van der Waals surface area contributed by atoms with Crippen LogP contribution in [0, 0.1) is 11.8 Å². The van der Waals surface area contributed by atoms with E-state index in [0.29, 0.717) is 0 Å². The zero-order chi connectivity index (χ0) is 16.7. The molecule has 0 unspecified atom stereocenters. The van der Waals surface area contributed by atoms with Crippen molar-refractivity contribution in [3.8, 4) is 0 Å². The van der Waals surface area contributed by atoms with Crippen LogP contribution in [0.1, 0.15) is 38.8 Å². The lowest BCUT2D eigenvalue weighted by molar-refractivity contribution is 0.647. The van der Waals surface area contributed by atoms with Gasteiger partial charge in [0, 0.05) is 17.1 Å². The minimum absolute atomic E-state index is 0.721. The van der Waals surface area contributed by atoms with Crippen molar-refractivity contribution in [3.63, 3.8) is 0 Å². The molecule has 1 aromatic heterocycles. The van der Waals surface area contributed by atoms with E-state index in [2.05, 4.69) is 93.5 Å². The molecule has 0 fully saturated rings. The highest BCUT2D eigenvalue weighted by Gasteiger charge is 2.03. The molecule has 122 valence electrons. The Balaban J connectivity index is 0.000000174. The Morgan fingerprint density at radius 3 is 2.00 bits per heavy atom. The van der Waals surface area contributed by atoms with E-state index in [1.54, 1.807) is 0 Å². The molecular weight excluding hydrogens is 278 g/mol. The standard InChI is InChI=1S/C12H15N.C10H14/c1-9(2)7-10-8-13-12-6-4-3-5-11(10)12;1-9(2)8-10-6-4-3-5-7-10/h3-6,8-9,13H,7H2,1-2H3;3-7,9H,8H2,1-2H3. The fourth-order valence-corrected chi connectivity index (χ4v) is 2.83. The minimum atomic E-state index is 0.721. The third-order valence-electron chi connectivity index (χ3n) is 3.79. The van der Waals surface area contributed by atoms with E-state index >= 15 is 0 Å². The highest BCUT2D eigenvalue weighted by molar-refractivity contribution is 5.83. The van der Waals surface area contributed by atoms with E-state index in [1.807, 2.05) is 0 Å². The average Bonchev–Trinajstić information content (AvgIpc) is 2.91. The number of fused-ring (bicyclic) bond motifs is 1. The summed E-state index contributed by atoms with van der Waals surface area (Å²) in [4.78, 5) is 3.29. The van der Waals surface area contributed by atoms with Gasteiger partial charge < -0.3 is 4.98 Å². The molecular formula is C22H29N. The summed E-state index contributed by atoms with van der Waals surface area (Å²) >= 11 is 0. The molecule has 0 bridgehead atoms. The molecule has 3 aromatic rings. The summed E-state index contributed by atoms with van der Waals surface area (Å²) < 4.78 is 0. The molecule has 0 aliphatic carbocycles. The topological polar surface area (TPSA) is 15.8 Å². The monoisotopic (exact) mass is 307 g/mol. The second kappa shape index (κ2) is 8.57. The van der Waals surface area contributed by atoms with E-state index in [4.69, 9.17) is 0 Å². The van der Waals surface area contributed by atoms with E-state index in [-0.39, 0.29) is 0 Å². The van der Waals surface area contributed by atoms with Gasteiger partial charge in [0.25, 0.3) is 0 Å². The van der Waals surface area contributed by atoms with Crippen molar-refractivity contribution in [3.05, 3.63) is 71.9 Å². The number of aromatic amines is 1. The number of nitrogens with one attached hydrogen (secondary N) is 1. The van der Waals surface area contributed by atoms with Crippen molar-refractivity contribution in [2.75, 3.05) is 0 Å². The molecule has 0 atom stereocenters. The van der Waals surface area contributed by atoms with E-state index < -0.39 is 0 Å². The van der Waals surface area contributed by atoms with Crippen LogP contribution in [0.5, 0.6) is 0 Å². The van der Waals surface area contributed by atoms with Gasteiger partial charge in [-0.1, -0.05) is 76.2 Å². The van der Waals surface area contributed by atoms with Crippen molar-refractivity contribution < 1.29 is 0 Å². The summed E-state index contributed by atoms with van der Waals surface area (Å²) in [6, 6.07) is 19.1. The highest BCUT2D eigenvalue weighted by Crippen LogP contribution is 2.20. The Bertz CT molecular complexity index is 692. The van der Waals surface area contributed by atoms with Gasteiger partial charge >= 0.3 is 0 Å². The zero-order valence-electron chi connectivity index (χ0n) is 14.8. The predicted molar refractivity (Wildman–Crippen MR) is 102 cm³/mol. The van der Waals surface area contributed by atoms with Gasteiger partial charge in [-0.2, -0.15) is 0 Å². The smallest absolute Gasteiger partial charge is 0.0456 e. The quantitative estimate of drug-likeness (QED) is 0.586. The van der Waals surface area contributed by atoms with Crippen LogP contribution < -0.4 is 0 Å². The number of hydrogen-bond donors (Lipinski definition) is 1. The number of benzene rings is 2. The van der Waals surface area contributed by atoms with Gasteiger partial charge in [0.1, 0.15) is 0 Å². The van der Waals surface area contributed by atoms with E-state index in [1.165, 1.54) is 28.5 Å². The van der Waals surface area contributed by atoms with Gasteiger partial charge in [-0.25, -0.2) is 0 Å². The first kappa shape index (κ1) is 17.3. The third-order valence-corrected chi connectivity index (χ3v) is 3.79. The maximum absolute atomic E-state index is 3.29. The summed E-state index contributed by atoms with van der Waals surface area (Å²) in [6.07, 6.45) is 4.48. The molecule has 1 heteroatoms. The molecule has 0 saturated heterocycles. The number of H-pyrrole nitrogens is 1. The molecule has 0 aliphatic rings. The molecule has 0 radical (unpaired) electrons. The number of para-hydroxylation sites is 1. The van der Waals surface area contributed by atoms with E-state index in [0.717, 1.165) is 18.3 Å². The first-order valence-electron chi connectivity index (χ1n) is 8.65. The first-order valence-corrected chi connectivity index (χ1v) is 8.65. The molecule has 1 heterocycles.